The molecule has 1 aromatic heterocycles. The molecule has 0 aromatic carbocycles. The van der Waals surface area contributed by atoms with Crippen molar-refractivity contribution in [2.75, 3.05) is 6.54 Å². The zero-order valence-corrected chi connectivity index (χ0v) is 16.6. The van der Waals surface area contributed by atoms with Gasteiger partial charge in [-0.05, 0) is 56.4 Å². The van der Waals surface area contributed by atoms with Crippen LogP contribution in [0, 0.1) is 29.6 Å². The van der Waals surface area contributed by atoms with Gasteiger partial charge in [0.1, 0.15) is 23.3 Å². The van der Waals surface area contributed by atoms with E-state index < -0.39 is 23.3 Å². The Morgan fingerprint density at radius 1 is 1.03 bits per heavy atom. The van der Waals surface area contributed by atoms with E-state index in [1.54, 1.807) is 13.8 Å². The van der Waals surface area contributed by atoms with Gasteiger partial charge in [0.25, 0.3) is 17.4 Å². The highest BCUT2D eigenvalue weighted by atomic mass is 16.3. The predicted molar refractivity (Wildman–Crippen MR) is 103 cm³/mol. The van der Waals surface area contributed by atoms with Gasteiger partial charge in [0.2, 0.25) is 0 Å². The van der Waals surface area contributed by atoms with Gasteiger partial charge in [-0.25, -0.2) is 0 Å². The molecule has 2 heterocycles. The van der Waals surface area contributed by atoms with Crippen molar-refractivity contribution in [1.29, 1.82) is 10.5 Å². The maximum atomic E-state index is 12.6. The molecule has 1 aromatic rings. The molecule has 1 aliphatic rings. The molecule has 0 fully saturated rings. The van der Waals surface area contributed by atoms with Crippen molar-refractivity contribution in [3.8, 4) is 18.0 Å². The number of hydrogen-bond acceptors (Lipinski definition) is 6. The molecule has 0 spiro atoms. The number of pyridine rings is 1. The number of amides is 2. The van der Waals surface area contributed by atoms with Crippen LogP contribution < -0.4 is 10.7 Å². The van der Waals surface area contributed by atoms with Gasteiger partial charge in [-0.3, -0.25) is 19.3 Å². The highest BCUT2D eigenvalue weighted by Crippen LogP contribution is 2.26. The number of rotatable bonds is 4. The summed E-state index contributed by atoms with van der Waals surface area (Å²) in [6.07, 6.45) is 4.26. The molecule has 0 bridgehead atoms. The Labute approximate surface area is 167 Å². The van der Waals surface area contributed by atoms with Crippen LogP contribution in [0.5, 0.6) is 5.88 Å². The van der Waals surface area contributed by atoms with Crippen molar-refractivity contribution < 1.29 is 14.7 Å². The Morgan fingerprint density at radius 3 is 2.21 bits per heavy atom. The summed E-state index contributed by atoms with van der Waals surface area (Å²) >= 11 is 0. The van der Waals surface area contributed by atoms with E-state index in [4.69, 9.17) is 0 Å². The molecule has 29 heavy (non-hydrogen) atoms. The quantitative estimate of drug-likeness (QED) is 0.561. The smallest absolute Gasteiger partial charge is 0.271 e. The first-order valence-corrected chi connectivity index (χ1v) is 8.95. The second-order valence-corrected chi connectivity index (χ2v) is 6.29. The van der Waals surface area contributed by atoms with E-state index in [1.807, 2.05) is 12.1 Å². The van der Waals surface area contributed by atoms with Crippen LogP contribution in [-0.2, 0) is 16.1 Å². The van der Waals surface area contributed by atoms with Gasteiger partial charge in [-0.2, -0.15) is 10.5 Å². The summed E-state index contributed by atoms with van der Waals surface area (Å²) in [5, 5.41) is 31.1. The number of aromatic nitrogens is 1. The van der Waals surface area contributed by atoms with Crippen molar-refractivity contribution in [3.05, 3.63) is 55.9 Å². The first-order valence-electron chi connectivity index (χ1n) is 8.95. The van der Waals surface area contributed by atoms with Crippen molar-refractivity contribution >= 4 is 17.9 Å². The average Bonchev–Trinajstić information content (AvgIpc) is 2.68. The fourth-order valence-electron chi connectivity index (χ4n) is 3.13. The maximum absolute atomic E-state index is 12.6. The van der Waals surface area contributed by atoms with Crippen LogP contribution >= 0.6 is 0 Å². The van der Waals surface area contributed by atoms with Crippen LogP contribution in [-0.4, -0.2) is 27.8 Å². The van der Waals surface area contributed by atoms with E-state index in [-0.39, 0.29) is 46.5 Å². The van der Waals surface area contributed by atoms with E-state index in [0.29, 0.717) is 0 Å². The van der Waals surface area contributed by atoms with Gasteiger partial charge >= 0.3 is 0 Å². The second kappa shape index (κ2) is 8.41. The summed E-state index contributed by atoms with van der Waals surface area (Å²) in [6.45, 7) is 6.52. The number of allylic oxidation sites excluding steroid dienone is 2. The third kappa shape index (κ3) is 3.48. The van der Waals surface area contributed by atoms with E-state index in [9.17, 15) is 30.0 Å². The van der Waals surface area contributed by atoms with Crippen LogP contribution in [0.25, 0.3) is 6.08 Å². The number of carbonyl (C=O) groups excluding carboxylic acids is 2. The zero-order valence-electron chi connectivity index (χ0n) is 16.6. The lowest BCUT2D eigenvalue weighted by Gasteiger charge is -2.26. The Balaban J connectivity index is 2.63. The fraction of sp³-hybridized carbons (Fsp3) is 0.286. The molecule has 1 aliphatic heterocycles. The summed E-state index contributed by atoms with van der Waals surface area (Å²) in [6, 6.07) is 3.66. The molecule has 0 unspecified atom stereocenters. The minimum atomic E-state index is -0.634. The standard InChI is InChI=1S/C21H20N4O4/c1-5-24-18(26)14(12(3)16(10-22)20(24)28)8-7-9-15-13(4)17(11-23)21(29)25(6-2)19(15)27/h7-9,26H,5-6H2,1-4H3/p-1. The molecule has 0 saturated heterocycles. The van der Waals surface area contributed by atoms with Crippen molar-refractivity contribution in [2.24, 2.45) is 0 Å². The summed E-state index contributed by atoms with van der Waals surface area (Å²) in [5.74, 6) is -1.70. The van der Waals surface area contributed by atoms with Crippen LogP contribution in [0.2, 0.25) is 0 Å². The zero-order chi connectivity index (χ0) is 21.9. The molecule has 0 aliphatic carbocycles. The topological polar surface area (TPSA) is 130 Å². The van der Waals surface area contributed by atoms with Gasteiger partial charge in [-0.15, -0.1) is 0 Å². The van der Waals surface area contributed by atoms with E-state index in [0.717, 1.165) is 9.47 Å². The minimum absolute atomic E-state index is 0.113. The average molecular weight is 391 g/mol. The SMILES string of the molecule is CCN1C(=O)C(=CC=Cc2c(C)c(C#N)c(=O)n(CC)c2[O-])C(C)=C(C#N)C1=O. The molecule has 8 heteroatoms. The number of nitriles is 2. The molecule has 2 amide bonds. The highest BCUT2D eigenvalue weighted by Gasteiger charge is 2.33. The molecular formula is C21H19N4O4-. The number of carbonyl (C=O) groups is 2. The van der Waals surface area contributed by atoms with Crippen molar-refractivity contribution in [3.63, 3.8) is 0 Å². The second-order valence-electron chi connectivity index (χ2n) is 6.29. The summed E-state index contributed by atoms with van der Waals surface area (Å²) < 4.78 is 0.973. The van der Waals surface area contributed by atoms with Crippen molar-refractivity contribution in [2.45, 2.75) is 34.2 Å². The largest absolute Gasteiger partial charge is 0.860 e. The molecule has 148 valence electrons. The first-order chi connectivity index (χ1) is 13.7. The van der Waals surface area contributed by atoms with Gasteiger partial charge < -0.3 is 9.67 Å². The molecule has 0 atom stereocenters. The van der Waals surface area contributed by atoms with E-state index >= 15 is 0 Å². The third-order valence-electron chi connectivity index (χ3n) is 4.81. The lowest BCUT2D eigenvalue weighted by atomic mass is 9.95. The minimum Gasteiger partial charge on any atom is -0.860 e. The van der Waals surface area contributed by atoms with Gasteiger partial charge in [0.05, 0.1) is 0 Å². The Hall–Kier alpha value is -3.91. The molecule has 0 N–H and O–H groups in total. The summed E-state index contributed by atoms with van der Waals surface area (Å²) in [4.78, 5) is 37.9. The van der Waals surface area contributed by atoms with E-state index in [1.165, 1.54) is 32.1 Å². The van der Waals surface area contributed by atoms with Crippen molar-refractivity contribution in [1.82, 2.24) is 9.47 Å². The maximum Gasteiger partial charge on any atom is 0.271 e. The first kappa shape index (κ1) is 21.4. The Morgan fingerprint density at radius 2 is 1.69 bits per heavy atom. The van der Waals surface area contributed by atoms with Crippen LogP contribution in [0.4, 0.5) is 0 Å². The fourth-order valence-corrected chi connectivity index (χ4v) is 3.13. The molecular weight excluding hydrogens is 372 g/mol. The normalized spacial score (nSPS) is 15.9. The Kier molecular flexibility index (Phi) is 6.20. The molecule has 8 nitrogen and oxygen atoms in total. The predicted octanol–water partition coefficient (Wildman–Crippen LogP) is 1.29. The molecule has 0 saturated carbocycles. The summed E-state index contributed by atoms with van der Waals surface area (Å²) in [7, 11) is 0. The summed E-state index contributed by atoms with van der Waals surface area (Å²) in [5.41, 5.74) is -0.0251. The molecule has 2 rings (SSSR count). The monoisotopic (exact) mass is 391 g/mol. The third-order valence-corrected chi connectivity index (χ3v) is 4.81. The number of nitrogens with zero attached hydrogens (tertiary/aromatic N) is 4. The highest BCUT2D eigenvalue weighted by molar-refractivity contribution is 6.18. The van der Waals surface area contributed by atoms with Crippen LogP contribution in [0.15, 0.2) is 33.7 Å². The van der Waals surface area contributed by atoms with E-state index in [2.05, 4.69) is 0 Å². The number of imide groups is 1. The lowest BCUT2D eigenvalue weighted by Crippen LogP contribution is -2.42. The lowest BCUT2D eigenvalue weighted by molar-refractivity contribution is -0.280. The number of likely N-dealkylation sites (N-methyl/N-ethyl adjacent to an activating group) is 1. The van der Waals surface area contributed by atoms with Gasteiger partial charge in [0, 0.05) is 18.7 Å². The molecule has 0 radical (unpaired) electrons. The van der Waals surface area contributed by atoms with Gasteiger partial charge in [0.15, 0.2) is 0 Å². The van der Waals surface area contributed by atoms with Crippen LogP contribution in [0.3, 0.4) is 0 Å². The van der Waals surface area contributed by atoms with Gasteiger partial charge in [-0.1, -0.05) is 12.2 Å². The van der Waals surface area contributed by atoms with Crippen LogP contribution in [0.1, 0.15) is 37.5 Å². The number of hydrogen-bond donors (Lipinski definition) is 0. The Bertz CT molecular complexity index is 1140.